The summed E-state index contributed by atoms with van der Waals surface area (Å²) < 4.78 is 32.2. The van der Waals surface area contributed by atoms with E-state index in [0.717, 1.165) is 83.5 Å². The van der Waals surface area contributed by atoms with Gasteiger partial charge in [-0.1, -0.05) is 0 Å². The molecule has 0 radical (unpaired) electrons. The summed E-state index contributed by atoms with van der Waals surface area (Å²) in [4.78, 5) is 26.2. The molecule has 2 aliphatic carbocycles. The molecule has 6 rings (SSSR count). The molecular weight excluding hydrogens is 559 g/mol. The lowest BCUT2D eigenvalue weighted by molar-refractivity contribution is -0.156. The maximum Gasteiger partial charge on any atom is 0.306 e. The Kier molecular flexibility index (Phi) is 9.31. The minimum Gasteiger partial charge on any atom is -0.486 e. The molecule has 3 heterocycles. The molecule has 2 saturated heterocycles. The van der Waals surface area contributed by atoms with Crippen LogP contribution in [0.25, 0.3) is 0 Å². The fourth-order valence-electron chi connectivity index (χ4n) is 7.82. The van der Waals surface area contributed by atoms with Crippen LogP contribution in [0.2, 0.25) is 0 Å². The first kappa shape index (κ1) is 31.1. The third-order valence-corrected chi connectivity index (χ3v) is 9.99. The normalized spacial score (nSPS) is 26.4. The van der Waals surface area contributed by atoms with Gasteiger partial charge in [-0.2, -0.15) is 0 Å². The summed E-state index contributed by atoms with van der Waals surface area (Å²) in [5.41, 5.74) is -0.156. The number of likely N-dealkylation sites (tertiary alicyclic amines) is 1. The number of benzene rings is 1. The highest BCUT2D eigenvalue weighted by Crippen LogP contribution is 2.45. The molecule has 0 bridgehead atoms. The van der Waals surface area contributed by atoms with Gasteiger partial charge in [-0.15, -0.1) is 0 Å². The summed E-state index contributed by atoms with van der Waals surface area (Å²) in [7, 11) is 0. The summed E-state index contributed by atoms with van der Waals surface area (Å²) in [6.07, 6.45) is 15.1. The van der Waals surface area contributed by atoms with E-state index in [-0.39, 0.29) is 23.3 Å². The van der Waals surface area contributed by atoms with Crippen LogP contribution in [0.3, 0.4) is 0 Å². The van der Waals surface area contributed by atoms with Crippen LogP contribution in [0.5, 0.6) is 17.2 Å². The van der Waals surface area contributed by atoms with Gasteiger partial charge >= 0.3 is 5.97 Å². The van der Waals surface area contributed by atoms with Gasteiger partial charge in [0.05, 0.1) is 12.3 Å². The molecule has 9 heteroatoms. The van der Waals surface area contributed by atoms with Gasteiger partial charge in [0.15, 0.2) is 23.1 Å². The summed E-state index contributed by atoms with van der Waals surface area (Å²) in [5.74, 6) is 3.07. The van der Waals surface area contributed by atoms with E-state index in [2.05, 4.69) is 19.8 Å². The van der Waals surface area contributed by atoms with Crippen molar-refractivity contribution >= 4 is 11.8 Å². The first-order chi connectivity index (χ1) is 21.1. The van der Waals surface area contributed by atoms with Crippen LogP contribution in [-0.2, 0) is 9.53 Å². The van der Waals surface area contributed by atoms with E-state index in [1.165, 1.54) is 31.4 Å². The quantitative estimate of drug-likeness (QED) is 0.278. The highest BCUT2D eigenvalue weighted by Gasteiger charge is 2.45. The van der Waals surface area contributed by atoms with Gasteiger partial charge in [0.2, 0.25) is 0 Å². The van der Waals surface area contributed by atoms with Crippen molar-refractivity contribution in [2.45, 2.75) is 103 Å². The Balaban J connectivity index is 1.02. The van der Waals surface area contributed by atoms with E-state index in [1.807, 2.05) is 20.8 Å². The summed E-state index contributed by atoms with van der Waals surface area (Å²) >= 11 is 0. The zero-order valence-electron chi connectivity index (χ0n) is 26.7. The Hall–Kier alpha value is -2.94. The maximum atomic E-state index is 14.2. The number of hydrogen-bond donors (Lipinski definition) is 0. The minimum absolute atomic E-state index is 0.0546. The van der Waals surface area contributed by atoms with Crippen LogP contribution in [-0.4, -0.2) is 65.3 Å². The van der Waals surface area contributed by atoms with Crippen molar-refractivity contribution in [3.8, 4) is 17.2 Å². The second kappa shape index (κ2) is 13.2. The highest BCUT2D eigenvalue weighted by atomic mass is 19.1. The van der Waals surface area contributed by atoms with Crippen LogP contribution in [0.1, 0.15) is 91.4 Å². The van der Waals surface area contributed by atoms with Crippen molar-refractivity contribution in [3.63, 3.8) is 0 Å². The minimum atomic E-state index is -0.409. The molecule has 8 nitrogen and oxygen atoms in total. The van der Waals surface area contributed by atoms with Gasteiger partial charge in [-0.3, -0.25) is 4.79 Å². The van der Waals surface area contributed by atoms with Crippen molar-refractivity contribution in [1.29, 1.82) is 0 Å². The maximum absolute atomic E-state index is 14.2. The Morgan fingerprint density at radius 1 is 0.977 bits per heavy atom. The molecule has 1 aromatic carbocycles. The molecule has 0 amide bonds. The Morgan fingerprint density at radius 3 is 2.50 bits per heavy atom. The standard InChI is InChI=1S/C35H49FN4O4/c1-34(2,3)44-32(41)18-25-8-10-26(11-9-25)21-39-16-14-35(22-39)15-17-40(23-35)33-31(20-37-24-38-33)43-29-13-12-27(36)19-30(29)42-28-6-4-5-7-28/h12-13,19-20,24-26,28H,4-11,14-18,21-23H2,1-3H3. The van der Waals surface area contributed by atoms with E-state index < -0.39 is 5.60 Å². The second-order valence-electron chi connectivity index (χ2n) is 14.8. The van der Waals surface area contributed by atoms with Gasteiger partial charge in [0, 0.05) is 44.1 Å². The van der Waals surface area contributed by atoms with Crippen LogP contribution >= 0.6 is 0 Å². The molecule has 2 aromatic rings. The number of carbonyl (C=O) groups excluding carboxylic acids is 1. The van der Waals surface area contributed by atoms with Gasteiger partial charge in [-0.05, 0) is 115 Å². The van der Waals surface area contributed by atoms with Gasteiger partial charge < -0.3 is 24.0 Å². The summed E-state index contributed by atoms with van der Waals surface area (Å²) in [6, 6.07) is 4.47. The molecule has 0 N–H and O–H groups in total. The third-order valence-electron chi connectivity index (χ3n) is 9.99. The van der Waals surface area contributed by atoms with Gasteiger partial charge in [0.1, 0.15) is 17.7 Å². The third kappa shape index (κ3) is 7.82. The molecule has 4 aliphatic rings. The average Bonchev–Trinajstić information content (AvgIpc) is 3.73. The monoisotopic (exact) mass is 608 g/mol. The first-order valence-corrected chi connectivity index (χ1v) is 16.8. The Morgan fingerprint density at radius 2 is 1.73 bits per heavy atom. The predicted molar refractivity (Wildman–Crippen MR) is 168 cm³/mol. The SMILES string of the molecule is CC(C)(C)OC(=O)CC1CCC(CN2CCC3(CCN(c4ncncc4Oc4ccc(F)cc4OC4CCCC4)C3)C2)CC1. The number of nitrogens with zero attached hydrogens (tertiary/aromatic N) is 4. The van der Waals surface area contributed by atoms with Crippen molar-refractivity contribution < 1.29 is 23.4 Å². The number of aromatic nitrogens is 2. The fraction of sp³-hybridized carbons (Fsp3) is 0.686. The number of halogens is 1. The molecule has 240 valence electrons. The molecule has 44 heavy (non-hydrogen) atoms. The smallest absolute Gasteiger partial charge is 0.306 e. The predicted octanol–water partition coefficient (Wildman–Crippen LogP) is 7.17. The summed E-state index contributed by atoms with van der Waals surface area (Å²) in [6.45, 7) is 11.1. The van der Waals surface area contributed by atoms with Crippen molar-refractivity contribution in [1.82, 2.24) is 14.9 Å². The number of hydrogen-bond acceptors (Lipinski definition) is 8. The van der Waals surface area contributed by atoms with E-state index >= 15 is 0 Å². The second-order valence-corrected chi connectivity index (χ2v) is 14.8. The summed E-state index contributed by atoms with van der Waals surface area (Å²) in [5, 5.41) is 0. The van der Waals surface area contributed by atoms with E-state index in [4.69, 9.17) is 14.2 Å². The van der Waals surface area contributed by atoms with E-state index in [1.54, 1.807) is 18.6 Å². The molecule has 1 unspecified atom stereocenters. The number of anilines is 1. The first-order valence-electron chi connectivity index (χ1n) is 16.8. The highest BCUT2D eigenvalue weighted by molar-refractivity contribution is 5.70. The Labute approximate surface area is 261 Å². The Bertz CT molecular complexity index is 1290. The zero-order chi connectivity index (χ0) is 30.7. The zero-order valence-corrected chi connectivity index (χ0v) is 26.7. The lowest BCUT2D eigenvalue weighted by atomic mass is 9.80. The molecular formula is C35H49FN4O4. The largest absolute Gasteiger partial charge is 0.486 e. The molecule has 4 fully saturated rings. The molecule has 1 aromatic heterocycles. The van der Waals surface area contributed by atoms with Gasteiger partial charge in [-0.25, -0.2) is 14.4 Å². The number of carbonyl (C=O) groups is 1. The average molecular weight is 609 g/mol. The molecule has 1 atom stereocenters. The van der Waals surface area contributed by atoms with Crippen molar-refractivity contribution in [2.75, 3.05) is 37.6 Å². The number of rotatable bonds is 9. The van der Waals surface area contributed by atoms with Crippen molar-refractivity contribution in [2.24, 2.45) is 17.3 Å². The number of ether oxygens (including phenoxy) is 3. The van der Waals surface area contributed by atoms with Crippen LogP contribution in [0.4, 0.5) is 10.2 Å². The van der Waals surface area contributed by atoms with Crippen molar-refractivity contribution in [3.05, 3.63) is 36.5 Å². The van der Waals surface area contributed by atoms with Gasteiger partial charge in [0.25, 0.3) is 0 Å². The van der Waals surface area contributed by atoms with Crippen LogP contribution in [0, 0.1) is 23.1 Å². The topological polar surface area (TPSA) is 77.0 Å². The fourth-order valence-corrected chi connectivity index (χ4v) is 7.82. The van der Waals surface area contributed by atoms with Crippen LogP contribution < -0.4 is 14.4 Å². The molecule has 2 aliphatic heterocycles. The molecule has 2 saturated carbocycles. The lowest BCUT2D eigenvalue weighted by Gasteiger charge is -2.32. The lowest BCUT2D eigenvalue weighted by Crippen LogP contribution is -2.34. The van der Waals surface area contributed by atoms with Crippen LogP contribution in [0.15, 0.2) is 30.7 Å². The van der Waals surface area contributed by atoms with E-state index in [9.17, 15) is 9.18 Å². The van der Waals surface area contributed by atoms with E-state index in [0.29, 0.717) is 35.5 Å². The molecule has 1 spiro atoms. The number of esters is 1.